The van der Waals surface area contributed by atoms with Gasteiger partial charge in [-0.15, -0.1) is 0 Å². The monoisotopic (exact) mass is 164 g/mol. The van der Waals surface area contributed by atoms with Gasteiger partial charge in [-0.25, -0.2) is 0 Å². The van der Waals surface area contributed by atoms with Gasteiger partial charge in [-0.1, -0.05) is 42.5 Å². The number of hydrogen-bond acceptors (Lipinski definition) is 0. The average molecular weight is 165 g/mol. The highest BCUT2D eigenvalue weighted by molar-refractivity contribution is 6.26. The highest BCUT2D eigenvalue weighted by Gasteiger charge is 2.28. The summed E-state index contributed by atoms with van der Waals surface area (Å²) in [6.07, 6.45) is 8.59. The van der Waals surface area contributed by atoms with Crippen LogP contribution in [0.15, 0.2) is 47.6 Å². The maximum atomic E-state index is 5.61. The first-order valence-corrected chi connectivity index (χ1v) is 4.12. The highest BCUT2D eigenvalue weighted by Crippen LogP contribution is 2.39. The number of fused-ring (bicyclic) bond motifs is 1. The van der Waals surface area contributed by atoms with Crippen molar-refractivity contribution < 1.29 is 0 Å². The highest BCUT2D eigenvalue weighted by atomic mass is 35.5. The molecule has 0 nitrogen and oxygen atoms in total. The van der Waals surface area contributed by atoms with Crippen LogP contribution in [0, 0.1) is 11.8 Å². The summed E-state index contributed by atoms with van der Waals surface area (Å²) in [6, 6.07) is 0. The van der Waals surface area contributed by atoms with Crippen LogP contribution in [0.2, 0.25) is 0 Å². The second-order valence-corrected chi connectivity index (χ2v) is 3.16. The molecule has 0 N–H and O–H groups in total. The Kier molecular flexibility index (Phi) is 1.50. The molecule has 1 heteroatoms. The quantitative estimate of drug-likeness (QED) is 0.483. The van der Waals surface area contributed by atoms with Gasteiger partial charge >= 0.3 is 0 Å². The van der Waals surface area contributed by atoms with E-state index in [1.54, 1.807) is 5.54 Å². The van der Waals surface area contributed by atoms with Crippen molar-refractivity contribution in [2.75, 3.05) is 0 Å². The first-order valence-electron chi connectivity index (χ1n) is 3.69. The maximum Gasteiger partial charge on any atom is 0.0118 e. The van der Waals surface area contributed by atoms with Crippen molar-refractivity contribution in [2.24, 2.45) is 11.8 Å². The standard InChI is InChI=1S/C10H9Cl/c1-7-9(6-11)3-2-8-4-5-10(7)8/h2-6,8,10H,1H2/b9-6-/t8-,10-/m1/s1. The van der Waals surface area contributed by atoms with Crippen LogP contribution in [0.3, 0.4) is 0 Å². The second-order valence-electron chi connectivity index (χ2n) is 2.94. The molecule has 0 spiro atoms. The van der Waals surface area contributed by atoms with Crippen LogP contribution in [-0.2, 0) is 0 Å². The molecule has 0 saturated heterocycles. The summed E-state index contributed by atoms with van der Waals surface area (Å²) in [7, 11) is 0. The summed E-state index contributed by atoms with van der Waals surface area (Å²) < 4.78 is 0. The Morgan fingerprint density at radius 2 is 2.18 bits per heavy atom. The fourth-order valence-electron chi connectivity index (χ4n) is 1.50. The van der Waals surface area contributed by atoms with Gasteiger partial charge in [-0.2, -0.15) is 0 Å². The fourth-order valence-corrected chi connectivity index (χ4v) is 1.72. The van der Waals surface area contributed by atoms with Gasteiger partial charge in [0.1, 0.15) is 0 Å². The van der Waals surface area contributed by atoms with E-state index in [-0.39, 0.29) is 0 Å². The zero-order valence-electron chi connectivity index (χ0n) is 6.13. The number of hydrogen-bond donors (Lipinski definition) is 0. The first kappa shape index (κ1) is 6.93. The van der Waals surface area contributed by atoms with Gasteiger partial charge in [0.2, 0.25) is 0 Å². The molecule has 0 saturated carbocycles. The van der Waals surface area contributed by atoms with Crippen LogP contribution < -0.4 is 0 Å². The third kappa shape index (κ3) is 0.899. The summed E-state index contributed by atoms with van der Waals surface area (Å²) >= 11 is 5.61. The molecule has 0 aromatic heterocycles. The van der Waals surface area contributed by atoms with Gasteiger partial charge in [0.15, 0.2) is 0 Å². The molecule has 0 amide bonds. The van der Waals surface area contributed by atoms with E-state index in [4.69, 9.17) is 11.6 Å². The largest absolute Gasteiger partial charge is 0.0946 e. The lowest BCUT2D eigenvalue weighted by molar-refractivity contribution is 0.575. The number of rotatable bonds is 0. The SMILES string of the molecule is C=C1/C(=C\Cl)C=C[C@@H]2C=C[C@H]12. The zero-order valence-corrected chi connectivity index (χ0v) is 6.88. The number of allylic oxidation sites excluding steroid dienone is 6. The third-order valence-corrected chi connectivity index (χ3v) is 2.58. The van der Waals surface area contributed by atoms with E-state index in [2.05, 4.69) is 24.8 Å². The molecule has 0 fully saturated rings. The van der Waals surface area contributed by atoms with Gasteiger partial charge in [-0.05, 0) is 11.1 Å². The van der Waals surface area contributed by atoms with Crippen LogP contribution in [-0.4, -0.2) is 0 Å². The molecule has 2 rings (SSSR count). The Labute approximate surface area is 71.6 Å². The Hall–Kier alpha value is -0.750. The molecule has 0 radical (unpaired) electrons. The molecular formula is C10H9Cl. The van der Waals surface area contributed by atoms with Crippen LogP contribution in [0.25, 0.3) is 0 Å². The smallest absolute Gasteiger partial charge is 0.0118 e. The van der Waals surface area contributed by atoms with Gasteiger partial charge in [0.25, 0.3) is 0 Å². The molecule has 2 aliphatic rings. The van der Waals surface area contributed by atoms with Crippen molar-refractivity contribution >= 4 is 11.6 Å². The van der Waals surface area contributed by atoms with Crippen LogP contribution in [0.1, 0.15) is 0 Å². The van der Waals surface area contributed by atoms with E-state index in [9.17, 15) is 0 Å². The molecule has 0 aromatic rings. The van der Waals surface area contributed by atoms with Crippen molar-refractivity contribution in [1.29, 1.82) is 0 Å². The molecule has 0 heterocycles. The predicted octanol–water partition coefficient (Wildman–Crippen LogP) is 3.04. The lowest BCUT2D eigenvalue weighted by Gasteiger charge is -2.32. The van der Waals surface area contributed by atoms with Crippen LogP contribution in [0.5, 0.6) is 0 Å². The molecule has 56 valence electrons. The topological polar surface area (TPSA) is 0 Å². The summed E-state index contributed by atoms with van der Waals surface area (Å²) in [5.41, 5.74) is 3.81. The molecular weight excluding hydrogens is 156 g/mol. The molecule has 2 aliphatic carbocycles. The van der Waals surface area contributed by atoms with Gasteiger partial charge in [-0.3, -0.25) is 0 Å². The summed E-state index contributed by atoms with van der Waals surface area (Å²) in [5, 5.41) is 0. The molecule has 2 atom stereocenters. The summed E-state index contributed by atoms with van der Waals surface area (Å²) in [4.78, 5) is 0. The van der Waals surface area contributed by atoms with Crippen LogP contribution in [0.4, 0.5) is 0 Å². The predicted molar refractivity (Wildman–Crippen MR) is 48.3 cm³/mol. The van der Waals surface area contributed by atoms with Crippen LogP contribution >= 0.6 is 11.6 Å². The maximum absolute atomic E-state index is 5.61. The van der Waals surface area contributed by atoms with E-state index in [0.29, 0.717) is 11.8 Å². The van der Waals surface area contributed by atoms with Crippen molar-refractivity contribution in [1.82, 2.24) is 0 Å². The normalized spacial score (nSPS) is 37.2. The molecule has 0 aliphatic heterocycles. The van der Waals surface area contributed by atoms with E-state index in [1.165, 1.54) is 0 Å². The van der Waals surface area contributed by atoms with E-state index >= 15 is 0 Å². The molecule has 11 heavy (non-hydrogen) atoms. The second kappa shape index (κ2) is 2.38. The van der Waals surface area contributed by atoms with Gasteiger partial charge in [0, 0.05) is 17.4 Å². The summed E-state index contributed by atoms with van der Waals surface area (Å²) in [6.45, 7) is 3.99. The first-order chi connectivity index (χ1) is 5.33. The molecule has 0 unspecified atom stereocenters. The molecule has 0 bridgehead atoms. The van der Waals surface area contributed by atoms with E-state index < -0.39 is 0 Å². The third-order valence-electron chi connectivity index (χ3n) is 2.34. The van der Waals surface area contributed by atoms with Crippen molar-refractivity contribution in [3.05, 3.63) is 47.6 Å². The Morgan fingerprint density at radius 1 is 1.36 bits per heavy atom. The van der Waals surface area contributed by atoms with Crippen molar-refractivity contribution in [3.63, 3.8) is 0 Å². The zero-order chi connectivity index (χ0) is 7.84. The lowest BCUT2D eigenvalue weighted by Crippen LogP contribution is -2.22. The number of halogens is 1. The lowest BCUT2D eigenvalue weighted by atomic mass is 9.72. The minimum Gasteiger partial charge on any atom is -0.0946 e. The molecule has 0 aromatic carbocycles. The summed E-state index contributed by atoms with van der Waals surface area (Å²) in [5.74, 6) is 1.10. The fraction of sp³-hybridized carbons (Fsp3) is 0.200. The Morgan fingerprint density at radius 3 is 2.73 bits per heavy atom. The van der Waals surface area contributed by atoms with Gasteiger partial charge < -0.3 is 0 Å². The minimum absolute atomic E-state index is 0.519. The van der Waals surface area contributed by atoms with Crippen molar-refractivity contribution in [2.45, 2.75) is 0 Å². The Balaban J connectivity index is 2.36. The van der Waals surface area contributed by atoms with Gasteiger partial charge in [0.05, 0.1) is 0 Å². The van der Waals surface area contributed by atoms with E-state index in [0.717, 1.165) is 11.1 Å². The van der Waals surface area contributed by atoms with E-state index in [1.807, 2.05) is 6.08 Å². The Bertz CT molecular complexity index is 281. The average Bonchev–Trinajstić information content (AvgIpc) is 1.93. The van der Waals surface area contributed by atoms with Crippen molar-refractivity contribution in [3.8, 4) is 0 Å². The minimum atomic E-state index is 0.519.